The van der Waals surface area contributed by atoms with Crippen LogP contribution >= 0.6 is 0 Å². The Kier molecular flexibility index (Phi) is 5.62. The molecule has 0 spiro atoms. The normalized spacial score (nSPS) is 20.8. The lowest BCUT2D eigenvalue weighted by atomic mass is 9.89. The average Bonchev–Trinajstić information content (AvgIpc) is 2.49. The first kappa shape index (κ1) is 15.5. The summed E-state index contributed by atoms with van der Waals surface area (Å²) in [5.41, 5.74) is 8.95. The molecule has 0 saturated carbocycles. The highest BCUT2D eigenvalue weighted by molar-refractivity contribution is 5.25. The van der Waals surface area contributed by atoms with Gasteiger partial charge in [-0.05, 0) is 62.7 Å². The Labute approximate surface area is 124 Å². The highest BCUT2D eigenvalue weighted by Crippen LogP contribution is 2.30. The molecule has 1 heterocycles. The number of likely N-dealkylation sites (tertiary alicyclic amines) is 1. The van der Waals surface area contributed by atoms with E-state index < -0.39 is 0 Å². The monoisotopic (exact) mass is 274 g/mol. The second-order valence-electron chi connectivity index (χ2n) is 6.25. The summed E-state index contributed by atoms with van der Waals surface area (Å²) in [6.45, 7) is 9.06. The van der Waals surface area contributed by atoms with Crippen molar-refractivity contribution in [3.63, 3.8) is 0 Å². The van der Waals surface area contributed by atoms with Crippen molar-refractivity contribution in [1.29, 1.82) is 0 Å². The molecule has 1 fully saturated rings. The molecule has 20 heavy (non-hydrogen) atoms. The van der Waals surface area contributed by atoms with Crippen LogP contribution in [0, 0.1) is 5.92 Å². The van der Waals surface area contributed by atoms with Crippen molar-refractivity contribution in [3.8, 4) is 0 Å². The maximum absolute atomic E-state index is 6.05. The standard InChI is InChI=1S/C18H30N2/c1-4-15-6-8-17(9-7-15)18(5-2)20-12-10-16(11-13-20)14(3)19/h6-9,14,16,18H,4-5,10-13,19H2,1-3H3. The molecule has 1 aromatic carbocycles. The van der Waals surface area contributed by atoms with Crippen LogP contribution < -0.4 is 5.73 Å². The maximum Gasteiger partial charge on any atom is 0.0345 e. The highest BCUT2D eigenvalue weighted by Gasteiger charge is 2.26. The number of aryl methyl sites for hydroxylation is 1. The lowest BCUT2D eigenvalue weighted by Gasteiger charge is -2.38. The molecule has 2 heteroatoms. The van der Waals surface area contributed by atoms with Crippen molar-refractivity contribution >= 4 is 0 Å². The van der Waals surface area contributed by atoms with Crippen molar-refractivity contribution in [2.24, 2.45) is 11.7 Å². The molecule has 0 aliphatic carbocycles. The number of nitrogens with two attached hydrogens (primary N) is 1. The molecule has 112 valence electrons. The van der Waals surface area contributed by atoms with Crippen LogP contribution in [0.15, 0.2) is 24.3 Å². The van der Waals surface area contributed by atoms with Gasteiger partial charge in [0.25, 0.3) is 0 Å². The van der Waals surface area contributed by atoms with Crippen LogP contribution in [-0.4, -0.2) is 24.0 Å². The molecule has 1 aliphatic heterocycles. The minimum absolute atomic E-state index is 0.348. The number of rotatable bonds is 5. The molecular formula is C18H30N2. The van der Waals surface area contributed by atoms with Crippen molar-refractivity contribution < 1.29 is 0 Å². The van der Waals surface area contributed by atoms with Crippen molar-refractivity contribution in [2.75, 3.05) is 13.1 Å². The number of benzene rings is 1. The third-order valence-electron chi connectivity index (χ3n) is 4.92. The zero-order valence-corrected chi connectivity index (χ0v) is 13.3. The smallest absolute Gasteiger partial charge is 0.0345 e. The third-order valence-corrected chi connectivity index (χ3v) is 4.92. The lowest BCUT2D eigenvalue weighted by molar-refractivity contribution is 0.121. The second kappa shape index (κ2) is 7.24. The van der Waals surface area contributed by atoms with E-state index in [9.17, 15) is 0 Å². The van der Waals surface area contributed by atoms with Gasteiger partial charge in [-0.3, -0.25) is 4.90 Å². The predicted octanol–water partition coefficient (Wildman–Crippen LogP) is 3.76. The predicted molar refractivity (Wildman–Crippen MR) is 86.8 cm³/mol. The summed E-state index contributed by atoms with van der Waals surface area (Å²) in [5.74, 6) is 0.714. The first-order valence-corrected chi connectivity index (χ1v) is 8.24. The van der Waals surface area contributed by atoms with E-state index in [2.05, 4.69) is 49.9 Å². The Balaban J connectivity index is 2.01. The molecule has 2 nitrogen and oxygen atoms in total. The van der Waals surface area contributed by atoms with Crippen molar-refractivity contribution in [1.82, 2.24) is 4.90 Å². The van der Waals surface area contributed by atoms with E-state index in [1.807, 2.05) is 0 Å². The van der Waals surface area contributed by atoms with E-state index in [1.165, 1.54) is 43.5 Å². The molecule has 1 aliphatic rings. The van der Waals surface area contributed by atoms with Crippen LogP contribution in [0.4, 0.5) is 0 Å². The van der Waals surface area contributed by atoms with Gasteiger partial charge < -0.3 is 5.73 Å². The van der Waals surface area contributed by atoms with Crippen molar-refractivity contribution in [3.05, 3.63) is 35.4 Å². The van der Waals surface area contributed by atoms with Crippen LogP contribution in [0.2, 0.25) is 0 Å². The van der Waals surface area contributed by atoms with Crippen molar-refractivity contribution in [2.45, 2.75) is 58.5 Å². The summed E-state index contributed by atoms with van der Waals surface area (Å²) >= 11 is 0. The summed E-state index contributed by atoms with van der Waals surface area (Å²) in [6, 6.07) is 10.1. The fourth-order valence-electron chi connectivity index (χ4n) is 3.44. The topological polar surface area (TPSA) is 29.3 Å². The number of hydrogen-bond donors (Lipinski definition) is 1. The fourth-order valence-corrected chi connectivity index (χ4v) is 3.44. The van der Waals surface area contributed by atoms with E-state index in [0.717, 1.165) is 6.42 Å². The summed E-state index contributed by atoms with van der Waals surface area (Å²) in [5, 5.41) is 0. The van der Waals surface area contributed by atoms with Gasteiger partial charge in [-0.25, -0.2) is 0 Å². The van der Waals surface area contributed by atoms with Gasteiger partial charge in [0.2, 0.25) is 0 Å². The van der Waals surface area contributed by atoms with Gasteiger partial charge in [0.15, 0.2) is 0 Å². The third kappa shape index (κ3) is 3.62. The Bertz CT molecular complexity index is 388. The lowest BCUT2D eigenvalue weighted by Crippen LogP contribution is -2.41. The number of nitrogens with zero attached hydrogens (tertiary/aromatic N) is 1. The van der Waals surface area contributed by atoms with Gasteiger partial charge in [-0.2, -0.15) is 0 Å². The molecule has 1 saturated heterocycles. The molecule has 0 amide bonds. The molecule has 0 aromatic heterocycles. The van der Waals surface area contributed by atoms with Gasteiger partial charge >= 0.3 is 0 Å². The van der Waals surface area contributed by atoms with Crippen LogP contribution in [0.25, 0.3) is 0 Å². The quantitative estimate of drug-likeness (QED) is 0.886. The molecule has 2 unspecified atom stereocenters. The number of hydrogen-bond acceptors (Lipinski definition) is 2. The molecule has 0 radical (unpaired) electrons. The SMILES string of the molecule is CCc1ccc(C(CC)N2CCC(C(C)N)CC2)cc1. The number of piperidine rings is 1. The van der Waals surface area contributed by atoms with Crippen LogP contribution in [0.5, 0.6) is 0 Å². The van der Waals surface area contributed by atoms with Gasteiger partial charge in [-0.15, -0.1) is 0 Å². The molecule has 2 rings (SSSR count). The molecule has 2 atom stereocenters. The van der Waals surface area contributed by atoms with Gasteiger partial charge in [-0.1, -0.05) is 38.1 Å². The van der Waals surface area contributed by atoms with E-state index in [0.29, 0.717) is 18.0 Å². The first-order valence-electron chi connectivity index (χ1n) is 8.24. The minimum Gasteiger partial charge on any atom is -0.328 e. The second-order valence-corrected chi connectivity index (χ2v) is 6.25. The highest BCUT2D eigenvalue weighted by atomic mass is 15.2. The fraction of sp³-hybridized carbons (Fsp3) is 0.667. The largest absolute Gasteiger partial charge is 0.328 e. The summed E-state index contributed by atoms with van der Waals surface area (Å²) < 4.78 is 0. The maximum atomic E-state index is 6.05. The van der Waals surface area contributed by atoms with E-state index in [1.54, 1.807) is 0 Å². The Hall–Kier alpha value is -0.860. The van der Waals surface area contributed by atoms with E-state index >= 15 is 0 Å². The van der Waals surface area contributed by atoms with Crippen LogP contribution in [0.3, 0.4) is 0 Å². The molecular weight excluding hydrogens is 244 g/mol. The Morgan fingerprint density at radius 1 is 1.15 bits per heavy atom. The molecule has 2 N–H and O–H groups in total. The van der Waals surface area contributed by atoms with Gasteiger partial charge in [0, 0.05) is 12.1 Å². The average molecular weight is 274 g/mol. The molecule has 0 bridgehead atoms. The molecule has 1 aromatic rings. The Morgan fingerprint density at radius 3 is 2.20 bits per heavy atom. The van der Waals surface area contributed by atoms with Gasteiger partial charge in [0.1, 0.15) is 0 Å². The van der Waals surface area contributed by atoms with E-state index in [-0.39, 0.29) is 0 Å². The summed E-state index contributed by atoms with van der Waals surface area (Å²) in [6.07, 6.45) is 4.81. The Morgan fingerprint density at radius 2 is 1.75 bits per heavy atom. The minimum atomic E-state index is 0.348. The van der Waals surface area contributed by atoms with Gasteiger partial charge in [0.05, 0.1) is 0 Å². The van der Waals surface area contributed by atoms with Crippen LogP contribution in [-0.2, 0) is 6.42 Å². The zero-order chi connectivity index (χ0) is 14.5. The summed E-state index contributed by atoms with van der Waals surface area (Å²) in [7, 11) is 0. The van der Waals surface area contributed by atoms with Crippen LogP contribution in [0.1, 0.15) is 57.2 Å². The zero-order valence-electron chi connectivity index (χ0n) is 13.3. The summed E-state index contributed by atoms with van der Waals surface area (Å²) in [4.78, 5) is 2.65. The van der Waals surface area contributed by atoms with E-state index in [4.69, 9.17) is 5.73 Å². The first-order chi connectivity index (χ1) is 9.65.